The fraction of sp³-hybridized carbons (Fsp3) is 0.524. The van der Waals surface area contributed by atoms with Crippen LogP contribution in [0.25, 0.3) is 0 Å². The summed E-state index contributed by atoms with van der Waals surface area (Å²) in [5.74, 6) is -1.44. The van der Waals surface area contributed by atoms with Gasteiger partial charge in [0.25, 0.3) is 0 Å². The fourth-order valence-corrected chi connectivity index (χ4v) is 3.11. The third kappa shape index (κ3) is 7.88. The first-order valence-electron chi connectivity index (χ1n) is 10.2. The molecule has 1 aromatic carbocycles. The second kappa shape index (κ2) is 11.9. The minimum Gasteiger partial charge on any atom is -0.445 e. The average Bonchev–Trinajstić information content (AvgIpc) is 3.15. The van der Waals surface area contributed by atoms with Crippen molar-refractivity contribution in [1.82, 2.24) is 20.9 Å². The number of nitrogens with zero attached hydrogens (tertiary/aromatic N) is 1. The van der Waals surface area contributed by atoms with E-state index >= 15 is 0 Å². The van der Waals surface area contributed by atoms with Gasteiger partial charge in [0.05, 0.1) is 0 Å². The van der Waals surface area contributed by atoms with Crippen molar-refractivity contribution in [2.45, 2.75) is 39.0 Å². The van der Waals surface area contributed by atoms with Crippen LogP contribution in [-0.2, 0) is 20.9 Å². The molecule has 2 atom stereocenters. The normalized spacial score (nSPS) is 15.2. The molecule has 1 fully saturated rings. The number of carbonyl (C=O) groups excluding carboxylic acids is 4. The number of ether oxygens (including phenoxy) is 1. The van der Waals surface area contributed by atoms with Crippen LogP contribution in [0, 0.1) is 5.92 Å². The minimum absolute atomic E-state index is 0.0374. The smallest absolute Gasteiger partial charge is 0.408 e. The molecule has 0 aromatic heterocycles. The van der Waals surface area contributed by atoms with Gasteiger partial charge in [0.1, 0.15) is 25.4 Å². The SMILES string of the molecule is CC(C)C[C@H](NC(=O)OCc1ccccc1)C(=O)NC(CN1CCNC1=O)C(=O)CF. The van der Waals surface area contributed by atoms with Crippen LogP contribution in [0.3, 0.4) is 0 Å². The highest BCUT2D eigenvalue weighted by Crippen LogP contribution is 2.08. The van der Waals surface area contributed by atoms with Gasteiger partial charge >= 0.3 is 12.1 Å². The maximum atomic E-state index is 13.0. The molecule has 1 aromatic rings. The predicted molar refractivity (Wildman–Crippen MR) is 111 cm³/mol. The molecule has 10 heteroatoms. The Morgan fingerprint density at radius 2 is 1.87 bits per heavy atom. The van der Waals surface area contributed by atoms with Gasteiger partial charge in [-0.3, -0.25) is 9.59 Å². The van der Waals surface area contributed by atoms with Crippen molar-refractivity contribution in [3.05, 3.63) is 35.9 Å². The summed E-state index contributed by atoms with van der Waals surface area (Å²) in [5.41, 5.74) is 0.792. The van der Waals surface area contributed by atoms with Crippen molar-refractivity contribution in [3.8, 4) is 0 Å². The molecule has 1 aliphatic rings. The highest BCUT2D eigenvalue weighted by atomic mass is 19.1. The molecule has 0 saturated carbocycles. The van der Waals surface area contributed by atoms with Gasteiger partial charge in [0, 0.05) is 19.6 Å². The van der Waals surface area contributed by atoms with Crippen molar-refractivity contribution in [2.75, 3.05) is 26.3 Å². The average molecular weight is 436 g/mol. The van der Waals surface area contributed by atoms with Crippen molar-refractivity contribution in [2.24, 2.45) is 5.92 Å². The van der Waals surface area contributed by atoms with Crippen molar-refractivity contribution < 1.29 is 28.3 Å². The van der Waals surface area contributed by atoms with E-state index in [1.165, 1.54) is 4.90 Å². The molecule has 1 saturated heterocycles. The molecule has 1 aliphatic heterocycles. The van der Waals surface area contributed by atoms with Crippen LogP contribution in [0.2, 0.25) is 0 Å². The van der Waals surface area contributed by atoms with Crippen molar-refractivity contribution in [1.29, 1.82) is 0 Å². The lowest BCUT2D eigenvalue weighted by Crippen LogP contribution is -2.55. The number of ketones is 1. The second-order valence-corrected chi connectivity index (χ2v) is 7.73. The summed E-state index contributed by atoms with van der Waals surface area (Å²) in [6, 6.07) is 6.49. The van der Waals surface area contributed by atoms with Crippen LogP contribution in [0.1, 0.15) is 25.8 Å². The highest BCUT2D eigenvalue weighted by Gasteiger charge is 2.31. The topological polar surface area (TPSA) is 117 Å². The molecule has 4 amide bonds. The van der Waals surface area contributed by atoms with Gasteiger partial charge in [-0.15, -0.1) is 0 Å². The third-order valence-corrected chi connectivity index (χ3v) is 4.71. The Bertz CT molecular complexity index is 774. The van der Waals surface area contributed by atoms with Gasteiger partial charge in [-0.2, -0.15) is 0 Å². The van der Waals surface area contributed by atoms with Crippen LogP contribution in [0.5, 0.6) is 0 Å². The van der Waals surface area contributed by atoms with Gasteiger partial charge in [-0.05, 0) is 17.9 Å². The van der Waals surface area contributed by atoms with Gasteiger partial charge < -0.3 is 25.6 Å². The number of benzene rings is 1. The Hall–Kier alpha value is -3.17. The number of amides is 4. The number of carbonyl (C=O) groups is 4. The first-order chi connectivity index (χ1) is 14.8. The maximum absolute atomic E-state index is 13.0. The molecule has 0 radical (unpaired) electrons. The van der Waals surface area contributed by atoms with E-state index in [4.69, 9.17) is 4.74 Å². The summed E-state index contributed by atoms with van der Waals surface area (Å²) < 4.78 is 18.2. The third-order valence-electron chi connectivity index (χ3n) is 4.71. The van der Waals surface area contributed by atoms with Gasteiger partial charge in [-0.1, -0.05) is 44.2 Å². The maximum Gasteiger partial charge on any atom is 0.408 e. The number of Topliss-reactive ketones (excluding diaryl/α,β-unsaturated/α-hetero) is 1. The molecule has 0 bridgehead atoms. The zero-order valence-electron chi connectivity index (χ0n) is 17.7. The number of alkyl halides is 1. The van der Waals surface area contributed by atoms with Crippen molar-refractivity contribution >= 4 is 23.8 Å². The Labute approximate surface area is 180 Å². The van der Waals surface area contributed by atoms with Crippen LogP contribution in [0.4, 0.5) is 14.0 Å². The summed E-state index contributed by atoms with van der Waals surface area (Å²) in [6.45, 7) is 3.12. The van der Waals surface area contributed by atoms with E-state index in [2.05, 4.69) is 16.0 Å². The Balaban J connectivity index is 1.99. The summed E-state index contributed by atoms with van der Waals surface area (Å²) in [5, 5.41) is 7.57. The molecule has 0 spiro atoms. The lowest BCUT2D eigenvalue weighted by Gasteiger charge is -2.25. The van der Waals surface area contributed by atoms with Gasteiger partial charge in [0.15, 0.2) is 5.78 Å². The van der Waals surface area contributed by atoms with Crippen LogP contribution >= 0.6 is 0 Å². The summed E-state index contributed by atoms with van der Waals surface area (Å²) in [7, 11) is 0. The van der Waals surface area contributed by atoms with E-state index in [9.17, 15) is 23.6 Å². The number of alkyl carbamates (subject to hydrolysis) is 1. The van der Waals surface area contributed by atoms with E-state index in [0.29, 0.717) is 13.1 Å². The Kier molecular flexibility index (Phi) is 9.23. The van der Waals surface area contributed by atoms with E-state index in [0.717, 1.165) is 5.56 Å². The summed E-state index contributed by atoms with van der Waals surface area (Å²) in [4.78, 5) is 50.1. The van der Waals surface area contributed by atoms with Crippen LogP contribution in [0.15, 0.2) is 30.3 Å². The van der Waals surface area contributed by atoms with Crippen molar-refractivity contribution in [3.63, 3.8) is 0 Å². The summed E-state index contributed by atoms with van der Waals surface area (Å²) >= 11 is 0. The molecule has 31 heavy (non-hydrogen) atoms. The molecule has 170 valence electrons. The highest BCUT2D eigenvalue weighted by molar-refractivity contribution is 5.93. The number of hydrogen-bond acceptors (Lipinski definition) is 5. The number of halogens is 1. The lowest BCUT2D eigenvalue weighted by molar-refractivity contribution is -0.129. The quantitative estimate of drug-likeness (QED) is 0.485. The zero-order chi connectivity index (χ0) is 22.8. The molecule has 2 rings (SSSR count). The van der Waals surface area contributed by atoms with Crippen LogP contribution < -0.4 is 16.0 Å². The lowest BCUT2D eigenvalue weighted by atomic mass is 10.0. The molecule has 3 N–H and O–H groups in total. The zero-order valence-corrected chi connectivity index (χ0v) is 17.7. The van der Waals surface area contributed by atoms with E-state index in [1.54, 1.807) is 12.1 Å². The number of rotatable bonds is 11. The Morgan fingerprint density at radius 3 is 2.45 bits per heavy atom. The van der Waals surface area contributed by atoms with Crippen LogP contribution in [-0.4, -0.2) is 67.1 Å². The fourth-order valence-electron chi connectivity index (χ4n) is 3.11. The number of nitrogens with one attached hydrogen (secondary N) is 3. The summed E-state index contributed by atoms with van der Waals surface area (Å²) in [6.07, 6.45) is -0.496. The molecule has 1 heterocycles. The van der Waals surface area contributed by atoms with E-state index in [-0.39, 0.29) is 31.5 Å². The first kappa shape index (κ1) is 24.1. The van der Waals surface area contributed by atoms with E-state index < -0.39 is 36.5 Å². The Morgan fingerprint density at radius 1 is 1.16 bits per heavy atom. The number of urea groups is 1. The predicted octanol–water partition coefficient (Wildman–Crippen LogP) is 1.38. The first-order valence-corrected chi connectivity index (χ1v) is 10.2. The minimum atomic E-state index is -1.28. The standard InChI is InChI=1S/C21H29FN4O5/c1-14(2)10-16(25-21(30)31-13-15-6-4-3-5-7-15)19(28)24-17(18(27)11-22)12-26-9-8-23-20(26)29/h3-7,14,16-17H,8-13H2,1-2H3,(H,23,29)(H,24,28)(H,25,30)/t16-,17?/m0/s1. The van der Waals surface area contributed by atoms with Gasteiger partial charge in [-0.25, -0.2) is 14.0 Å². The molecular formula is C21H29FN4O5. The second-order valence-electron chi connectivity index (χ2n) is 7.73. The molecule has 9 nitrogen and oxygen atoms in total. The number of hydrogen-bond donors (Lipinski definition) is 3. The van der Waals surface area contributed by atoms with E-state index in [1.807, 2.05) is 32.0 Å². The monoisotopic (exact) mass is 436 g/mol. The molecule has 1 unspecified atom stereocenters. The largest absolute Gasteiger partial charge is 0.445 e. The van der Waals surface area contributed by atoms with Gasteiger partial charge in [0.2, 0.25) is 5.91 Å². The molecular weight excluding hydrogens is 407 g/mol. The molecule has 0 aliphatic carbocycles.